The second-order valence-electron chi connectivity index (χ2n) is 8.24. The Morgan fingerprint density at radius 2 is 1.97 bits per heavy atom. The van der Waals surface area contributed by atoms with Crippen LogP contribution in [0.3, 0.4) is 0 Å². The van der Waals surface area contributed by atoms with Crippen molar-refractivity contribution in [3.05, 3.63) is 65.2 Å². The molecular formula is C26H22ClN3O5S. The number of aliphatic carboxylic acids is 1. The molecule has 0 radical (unpaired) electrons. The molecular weight excluding hydrogens is 502 g/mol. The molecule has 0 spiro atoms. The second kappa shape index (κ2) is 10.1. The summed E-state index contributed by atoms with van der Waals surface area (Å²) in [5.41, 5.74) is 3.19. The van der Waals surface area contributed by atoms with Gasteiger partial charge in [-0.25, -0.2) is 4.79 Å². The van der Waals surface area contributed by atoms with Crippen molar-refractivity contribution in [1.82, 2.24) is 4.37 Å². The summed E-state index contributed by atoms with van der Waals surface area (Å²) in [4.78, 5) is 15.3. The first kappa shape index (κ1) is 24.1. The number of nitrogens with zero attached hydrogens (tertiary/aromatic N) is 2. The third-order valence-electron chi connectivity index (χ3n) is 5.70. The van der Waals surface area contributed by atoms with E-state index in [1.54, 1.807) is 0 Å². The van der Waals surface area contributed by atoms with Crippen molar-refractivity contribution in [2.75, 3.05) is 18.5 Å². The molecule has 10 heteroatoms. The highest BCUT2D eigenvalue weighted by atomic mass is 35.5. The summed E-state index contributed by atoms with van der Waals surface area (Å²) >= 11 is 8.10. The summed E-state index contributed by atoms with van der Waals surface area (Å²) in [5, 5.41) is 23.6. The molecule has 0 unspecified atom stereocenters. The van der Waals surface area contributed by atoms with Crippen LogP contribution in [0.15, 0.2) is 59.6 Å². The molecule has 184 valence electrons. The van der Waals surface area contributed by atoms with E-state index in [0.717, 1.165) is 27.0 Å². The highest BCUT2D eigenvalue weighted by Gasteiger charge is 2.21. The molecule has 0 fully saturated rings. The van der Waals surface area contributed by atoms with Crippen molar-refractivity contribution in [3.63, 3.8) is 0 Å². The Bertz CT molecular complexity index is 1470. The van der Waals surface area contributed by atoms with Gasteiger partial charge in [0.05, 0.1) is 21.5 Å². The number of aliphatic hydroxyl groups excluding tert-OH is 1. The van der Waals surface area contributed by atoms with Crippen LogP contribution in [0.5, 0.6) is 11.5 Å². The zero-order valence-electron chi connectivity index (χ0n) is 19.1. The summed E-state index contributed by atoms with van der Waals surface area (Å²) in [5.74, 6) is 0.897. The SMILES string of the molecule is C[C@@H](O)[C@H](N=Cc1ccc2c(Nc3cccc(-c4ccc5c(c4)OCCO5)c3Cl)nsc2c1)C(=O)O. The maximum Gasteiger partial charge on any atom is 0.331 e. The van der Waals surface area contributed by atoms with Gasteiger partial charge >= 0.3 is 5.97 Å². The molecule has 0 amide bonds. The normalized spacial score (nSPS) is 14.6. The van der Waals surface area contributed by atoms with Crippen molar-refractivity contribution in [1.29, 1.82) is 0 Å². The molecule has 4 aromatic rings. The molecule has 1 aliphatic heterocycles. The number of hydrogen-bond acceptors (Lipinski definition) is 8. The van der Waals surface area contributed by atoms with E-state index in [0.29, 0.717) is 41.1 Å². The first-order valence-corrected chi connectivity index (χ1v) is 12.3. The van der Waals surface area contributed by atoms with E-state index < -0.39 is 18.1 Å². The number of fused-ring (bicyclic) bond motifs is 2. The van der Waals surface area contributed by atoms with Crippen LogP contribution in [0.4, 0.5) is 11.5 Å². The highest BCUT2D eigenvalue weighted by molar-refractivity contribution is 7.13. The van der Waals surface area contributed by atoms with Gasteiger partial charge in [0.15, 0.2) is 23.4 Å². The minimum absolute atomic E-state index is 0.511. The summed E-state index contributed by atoms with van der Waals surface area (Å²) < 4.78 is 16.8. The monoisotopic (exact) mass is 523 g/mol. The minimum atomic E-state index is -1.22. The van der Waals surface area contributed by atoms with E-state index in [9.17, 15) is 15.0 Å². The molecule has 0 saturated heterocycles. The molecule has 0 aliphatic carbocycles. The number of aromatic nitrogens is 1. The number of halogens is 1. The lowest BCUT2D eigenvalue weighted by Gasteiger charge is -2.19. The van der Waals surface area contributed by atoms with E-state index in [2.05, 4.69) is 14.7 Å². The second-order valence-corrected chi connectivity index (χ2v) is 9.42. The molecule has 3 aromatic carbocycles. The molecule has 8 nitrogen and oxygen atoms in total. The largest absolute Gasteiger partial charge is 0.486 e. The van der Waals surface area contributed by atoms with Gasteiger partial charge in [0, 0.05) is 17.2 Å². The first-order valence-electron chi connectivity index (χ1n) is 11.2. The molecule has 1 aliphatic rings. The number of rotatable bonds is 7. The molecule has 1 aromatic heterocycles. The fraction of sp³-hybridized carbons (Fsp3) is 0.192. The van der Waals surface area contributed by atoms with Gasteiger partial charge in [-0.1, -0.05) is 35.9 Å². The smallest absolute Gasteiger partial charge is 0.331 e. The van der Waals surface area contributed by atoms with Crippen molar-refractivity contribution < 1.29 is 24.5 Å². The van der Waals surface area contributed by atoms with Crippen molar-refractivity contribution in [2.45, 2.75) is 19.1 Å². The topological polar surface area (TPSA) is 113 Å². The number of carbonyl (C=O) groups is 1. The predicted molar refractivity (Wildman–Crippen MR) is 141 cm³/mol. The Labute approximate surface area is 216 Å². The van der Waals surface area contributed by atoms with Gasteiger partial charge in [0.1, 0.15) is 13.2 Å². The van der Waals surface area contributed by atoms with Crippen LogP contribution in [0, 0.1) is 0 Å². The van der Waals surface area contributed by atoms with Crippen LogP contribution >= 0.6 is 23.1 Å². The fourth-order valence-electron chi connectivity index (χ4n) is 3.88. The maximum atomic E-state index is 11.2. The lowest BCUT2D eigenvalue weighted by Crippen LogP contribution is -2.29. The number of ether oxygens (including phenoxy) is 2. The Balaban J connectivity index is 1.40. The number of aliphatic hydroxyl groups is 1. The Morgan fingerprint density at radius 1 is 1.17 bits per heavy atom. The lowest BCUT2D eigenvalue weighted by molar-refractivity contribution is -0.140. The van der Waals surface area contributed by atoms with Crippen LogP contribution in [0.2, 0.25) is 5.02 Å². The lowest BCUT2D eigenvalue weighted by atomic mass is 10.0. The molecule has 0 saturated carbocycles. The summed E-state index contributed by atoms with van der Waals surface area (Å²) in [6, 6.07) is 15.9. The first-order chi connectivity index (χ1) is 17.4. The van der Waals surface area contributed by atoms with Crippen LogP contribution in [0.25, 0.3) is 21.2 Å². The summed E-state index contributed by atoms with van der Waals surface area (Å²) in [6.45, 7) is 2.44. The quantitative estimate of drug-likeness (QED) is 0.278. The van der Waals surface area contributed by atoms with Gasteiger partial charge in [0.2, 0.25) is 0 Å². The van der Waals surface area contributed by atoms with Crippen molar-refractivity contribution in [3.8, 4) is 22.6 Å². The van der Waals surface area contributed by atoms with Crippen molar-refractivity contribution >= 4 is 56.9 Å². The van der Waals surface area contributed by atoms with E-state index in [1.807, 2.05) is 54.6 Å². The van der Waals surface area contributed by atoms with Crippen LogP contribution in [-0.2, 0) is 4.79 Å². The molecule has 0 bridgehead atoms. The molecule has 3 N–H and O–H groups in total. The van der Waals surface area contributed by atoms with Gasteiger partial charge in [0.25, 0.3) is 0 Å². The Hall–Kier alpha value is -3.66. The van der Waals surface area contributed by atoms with Gasteiger partial charge < -0.3 is 25.0 Å². The van der Waals surface area contributed by atoms with Gasteiger partial charge in [-0.2, -0.15) is 4.37 Å². The zero-order chi connectivity index (χ0) is 25.2. The average molecular weight is 524 g/mol. The molecule has 36 heavy (non-hydrogen) atoms. The number of anilines is 2. The fourth-order valence-corrected chi connectivity index (χ4v) is 4.94. The summed E-state index contributed by atoms with van der Waals surface area (Å²) in [7, 11) is 0. The number of nitrogens with one attached hydrogen (secondary N) is 1. The molecule has 2 atom stereocenters. The van der Waals surface area contributed by atoms with Crippen molar-refractivity contribution in [2.24, 2.45) is 4.99 Å². The third kappa shape index (κ3) is 4.86. The maximum absolute atomic E-state index is 11.2. The number of hydrogen-bond donors (Lipinski definition) is 3. The van der Waals surface area contributed by atoms with Crippen LogP contribution in [-0.4, -0.2) is 52.1 Å². The zero-order valence-corrected chi connectivity index (χ0v) is 20.7. The number of aliphatic imine (C=N–C) groups is 1. The van der Waals surface area contributed by atoms with E-state index >= 15 is 0 Å². The minimum Gasteiger partial charge on any atom is -0.486 e. The van der Waals surface area contributed by atoms with E-state index in [1.165, 1.54) is 24.7 Å². The number of benzene rings is 3. The Morgan fingerprint density at radius 3 is 2.75 bits per heavy atom. The highest BCUT2D eigenvalue weighted by Crippen LogP contribution is 2.40. The average Bonchev–Trinajstić information content (AvgIpc) is 3.26. The third-order valence-corrected chi connectivity index (χ3v) is 6.91. The summed E-state index contributed by atoms with van der Waals surface area (Å²) in [6.07, 6.45) is 0.357. The van der Waals surface area contributed by atoms with Gasteiger partial charge in [-0.3, -0.25) is 4.99 Å². The standard InChI is InChI=1S/C26H22ClN3O5S/c1-14(31)24(26(32)33)28-13-15-5-7-18-22(11-15)36-30-25(18)29-19-4-2-3-17(23(19)27)16-6-8-20-21(12-16)35-10-9-34-20/h2-8,11-14,24,31H,9-10H2,1H3,(H,29,30)(H,32,33)/t14-,24+/m1/s1. The van der Waals surface area contributed by atoms with Gasteiger partial charge in [-0.05, 0) is 59.9 Å². The number of carboxylic acids is 1. The van der Waals surface area contributed by atoms with Gasteiger partial charge in [-0.15, -0.1) is 0 Å². The number of carboxylic acid groups (broad SMARTS) is 1. The molecule has 5 rings (SSSR count). The van der Waals surface area contributed by atoms with E-state index in [-0.39, 0.29) is 0 Å². The van der Waals surface area contributed by atoms with Crippen LogP contribution in [0.1, 0.15) is 12.5 Å². The molecule has 2 heterocycles. The predicted octanol–water partition coefficient (Wildman–Crippen LogP) is 5.38. The van der Waals surface area contributed by atoms with E-state index in [4.69, 9.17) is 21.1 Å². The van der Waals surface area contributed by atoms with Crippen LogP contribution < -0.4 is 14.8 Å². The Kier molecular flexibility index (Phi) is 6.77.